The topological polar surface area (TPSA) is 107 Å². The van der Waals surface area contributed by atoms with Crippen LogP contribution in [0.25, 0.3) is 0 Å². The van der Waals surface area contributed by atoms with Crippen LogP contribution in [0.15, 0.2) is 11.2 Å². The standard InChI is InChI=1S/C10H15N5OS/c11-7-5-8(12)15-10(14-7)17-6-3-1-2-4-13-9(6)16/h5-6H,1-4H2,(H,13,16)(H4,11,12,14,15). The van der Waals surface area contributed by atoms with Gasteiger partial charge >= 0.3 is 0 Å². The highest BCUT2D eigenvalue weighted by molar-refractivity contribution is 8.00. The summed E-state index contributed by atoms with van der Waals surface area (Å²) in [5.41, 5.74) is 11.2. The Balaban J connectivity index is 2.10. The summed E-state index contributed by atoms with van der Waals surface area (Å²) in [4.78, 5) is 19.9. The van der Waals surface area contributed by atoms with E-state index >= 15 is 0 Å². The minimum absolute atomic E-state index is 0.0390. The van der Waals surface area contributed by atoms with Crippen molar-refractivity contribution in [2.45, 2.75) is 29.7 Å². The highest BCUT2D eigenvalue weighted by Crippen LogP contribution is 2.26. The number of nitrogens with two attached hydrogens (primary N) is 2. The van der Waals surface area contributed by atoms with Crippen molar-refractivity contribution in [1.29, 1.82) is 0 Å². The molecule has 0 spiro atoms. The van der Waals surface area contributed by atoms with E-state index in [0.29, 0.717) is 16.8 Å². The van der Waals surface area contributed by atoms with Crippen LogP contribution in [0.3, 0.4) is 0 Å². The Bertz CT molecular complexity index is 405. The van der Waals surface area contributed by atoms with Crippen LogP contribution in [0.1, 0.15) is 19.3 Å². The van der Waals surface area contributed by atoms with E-state index in [2.05, 4.69) is 15.3 Å². The van der Waals surface area contributed by atoms with Crippen molar-refractivity contribution in [3.8, 4) is 0 Å². The molecule has 2 heterocycles. The number of carbonyl (C=O) groups is 1. The molecule has 1 aromatic heterocycles. The molecule has 1 amide bonds. The molecule has 1 fully saturated rings. The molecular weight excluding hydrogens is 238 g/mol. The van der Waals surface area contributed by atoms with Gasteiger partial charge in [-0.25, -0.2) is 9.97 Å². The molecule has 92 valence electrons. The smallest absolute Gasteiger partial charge is 0.233 e. The SMILES string of the molecule is Nc1cc(N)nc(SC2CCCCNC2=O)n1. The second kappa shape index (κ2) is 5.22. The number of hydrogen-bond acceptors (Lipinski definition) is 6. The van der Waals surface area contributed by atoms with Crippen molar-refractivity contribution >= 4 is 29.3 Å². The number of nitrogens with zero attached hydrogens (tertiary/aromatic N) is 2. The molecule has 7 heteroatoms. The van der Waals surface area contributed by atoms with E-state index in [1.54, 1.807) is 0 Å². The molecule has 17 heavy (non-hydrogen) atoms. The van der Waals surface area contributed by atoms with Gasteiger partial charge in [0.2, 0.25) is 5.91 Å². The number of thioether (sulfide) groups is 1. The average molecular weight is 253 g/mol. The summed E-state index contributed by atoms with van der Waals surface area (Å²) in [6, 6.07) is 1.50. The molecule has 1 saturated heterocycles. The zero-order chi connectivity index (χ0) is 12.3. The lowest BCUT2D eigenvalue weighted by atomic mass is 10.2. The van der Waals surface area contributed by atoms with Gasteiger partial charge in [0.1, 0.15) is 11.6 Å². The maximum absolute atomic E-state index is 11.7. The van der Waals surface area contributed by atoms with Crippen molar-refractivity contribution < 1.29 is 4.79 Å². The van der Waals surface area contributed by atoms with Crippen LogP contribution in [0.2, 0.25) is 0 Å². The van der Waals surface area contributed by atoms with E-state index in [-0.39, 0.29) is 11.2 Å². The Hall–Kier alpha value is -1.50. The first-order valence-electron chi connectivity index (χ1n) is 5.49. The minimum atomic E-state index is -0.154. The summed E-state index contributed by atoms with van der Waals surface area (Å²) < 4.78 is 0. The summed E-state index contributed by atoms with van der Waals surface area (Å²) in [6.07, 6.45) is 2.87. The summed E-state index contributed by atoms with van der Waals surface area (Å²) in [7, 11) is 0. The minimum Gasteiger partial charge on any atom is -0.383 e. The number of carbonyl (C=O) groups excluding carboxylic acids is 1. The van der Waals surface area contributed by atoms with Crippen molar-refractivity contribution in [3.05, 3.63) is 6.07 Å². The van der Waals surface area contributed by atoms with Gasteiger partial charge in [-0.05, 0) is 12.8 Å². The highest BCUT2D eigenvalue weighted by Gasteiger charge is 2.23. The molecule has 0 bridgehead atoms. The van der Waals surface area contributed by atoms with Gasteiger partial charge in [0.15, 0.2) is 5.16 Å². The van der Waals surface area contributed by atoms with Crippen LogP contribution in [0.4, 0.5) is 11.6 Å². The number of hydrogen-bond donors (Lipinski definition) is 3. The van der Waals surface area contributed by atoms with Gasteiger partial charge in [0.05, 0.1) is 5.25 Å². The van der Waals surface area contributed by atoms with Gasteiger partial charge in [0, 0.05) is 12.6 Å². The van der Waals surface area contributed by atoms with Gasteiger partial charge in [0.25, 0.3) is 0 Å². The summed E-state index contributed by atoms with van der Waals surface area (Å²) in [5.74, 6) is 0.695. The first-order chi connectivity index (χ1) is 8.15. The first-order valence-corrected chi connectivity index (χ1v) is 6.37. The number of amides is 1. The fraction of sp³-hybridized carbons (Fsp3) is 0.500. The van der Waals surface area contributed by atoms with Crippen LogP contribution in [0.5, 0.6) is 0 Å². The van der Waals surface area contributed by atoms with E-state index in [1.165, 1.54) is 17.8 Å². The van der Waals surface area contributed by atoms with Crippen molar-refractivity contribution in [3.63, 3.8) is 0 Å². The van der Waals surface area contributed by atoms with Crippen LogP contribution in [0, 0.1) is 0 Å². The lowest BCUT2D eigenvalue weighted by molar-refractivity contribution is -0.120. The van der Waals surface area contributed by atoms with E-state index < -0.39 is 0 Å². The molecule has 6 nitrogen and oxygen atoms in total. The maximum Gasteiger partial charge on any atom is 0.233 e. The average Bonchev–Trinajstić information content (AvgIpc) is 2.43. The Kier molecular flexibility index (Phi) is 3.68. The van der Waals surface area contributed by atoms with Gasteiger partial charge in [-0.2, -0.15) is 0 Å². The van der Waals surface area contributed by atoms with Crippen LogP contribution in [-0.2, 0) is 4.79 Å². The molecule has 1 aliphatic rings. The number of aromatic nitrogens is 2. The molecule has 0 radical (unpaired) electrons. The third-order valence-corrected chi connectivity index (χ3v) is 3.61. The summed E-state index contributed by atoms with van der Waals surface area (Å²) in [5, 5.41) is 3.17. The number of rotatable bonds is 2. The lowest BCUT2D eigenvalue weighted by Crippen LogP contribution is -2.30. The monoisotopic (exact) mass is 253 g/mol. The maximum atomic E-state index is 11.7. The van der Waals surface area contributed by atoms with Gasteiger partial charge in [-0.1, -0.05) is 18.2 Å². The predicted octanol–water partition coefficient (Wildman–Crippen LogP) is 0.402. The largest absolute Gasteiger partial charge is 0.383 e. The Morgan fingerprint density at radius 3 is 2.71 bits per heavy atom. The van der Waals surface area contributed by atoms with Crippen molar-refractivity contribution in [1.82, 2.24) is 15.3 Å². The molecule has 5 N–H and O–H groups in total. The number of anilines is 2. The number of nitrogens with one attached hydrogen (secondary N) is 1. The van der Waals surface area contributed by atoms with Crippen LogP contribution in [-0.4, -0.2) is 27.7 Å². The van der Waals surface area contributed by atoms with Gasteiger partial charge in [-0.3, -0.25) is 4.79 Å². The highest BCUT2D eigenvalue weighted by atomic mass is 32.2. The molecule has 0 aliphatic carbocycles. The van der Waals surface area contributed by atoms with Crippen molar-refractivity contribution in [2.75, 3.05) is 18.0 Å². The second-order valence-electron chi connectivity index (χ2n) is 3.89. The molecule has 2 rings (SSSR count). The molecule has 0 aromatic carbocycles. The third-order valence-electron chi connectivity index (χ3n) is 2.48. The Morgan fingerprint density at radius 1 is 1.29 bits per heavy atom. The zero-order valence-corrected chi connectivity index (χ0v) is 10.2. The Morgan fingerprint density at radius 2 is 2.00 bits per heavy atom. The van der Waals surface area contributed by atoms with E-state index in [0.717, 1.165) is 25.8 Å². The molecule has 1 aliphatic heterocycles. The Labute approximate surface area is 104 Å². The first kappa shape index (κ1) is 12.0. The van der Waals surface area contributed by atoms with E-state index in [4.69, 9.17) is 11.5 Å². The molecule has 1 aromatic rings. The fourth-order valence-electron chi connectivity index (χ4n) is 1.67. The zero-order valence-electron chi connectivity index (χ0n) is 9.35. The normalized spacial score (nSPS) is 20.7. The molecule has 1 atom stereocenters. The summed E-state index contributed by atoms with van der Waals surface area (Å²) in [6.45, 7) is 0.746. The van der Waals surface area contributed by atoms with E-state index in [1.807, 2.05) is 0 Å². The van der Waals surface area contributed by atoms with Gasteiger partial charge in [-0.15, -0.1) is 0 Å². The molecule has 1 unspecified atom stereocenters. The van der Waals surface area contributed by atoms with Gasteiger partial charge < -0.3 is 16.8 Å². The number of nitrogen functional groups attached to an aromatic ring is 2. The third kappa shape index (κ3) is 3.23. The molecule has 0 saturated carbocycles. The second-order valence-corrected chi connectivity index (χ2v) is 5.06. The van der Waals surface area contributed by atoms with Crippen LogP contribution < -0.4 is 16.8 Å². The molecular formula is C10H15N5OS. The van der Waals surface area contributed by atoms with E-state index in [9.17, 15) is 4.79 Å². The predicted molar refractivity (Wildman–Crippen MR) is 67.4 cm³/mol. The lowest BCUT2D eigenvalue weighted by Gasteiger charge is -2.11. The summed E-state index contributed by atoms with van der Waals surface area (Å²) >= 11 is 1.32. The quantitative estimate of drug-likeness (QED) is 0.659. The van der Waals surface area contributed by atoms with Crippen molar-refractivity contribution in [2.24, 2.45) is 0 Å². The fourth-order valence-corrected chi connectivity index (χ4v) is 2.71. The van der Waals surface area contributed by atoms with Crippen LogP contribution >= 0.6 is 11.8 Å².